The summed E-state index contributed by atoms with van der Waals surface area (Å²) in [5.74, 6) is 0.175. The van der Waals surface area contributed by atoms with Gasteiger partial charge in [-0.05, 0) is 36.7 Å². The van der Waals surface area contributed by atoms with Gasteiger partial charge in [0.05, 0.1) is 22.0 Å². The summed E-state index contributed by atoms with van der Waals surface area (Å²) in [7, 11) is -5.45. The highest BCUT2D eigenvalue weighted by Gasteiger charge is 2.54. The van der Waals surface area contributed by atoms with Crippen LogP contribution in [0.15, 0.2) is 46.2 Å². The van der Waals surface area contributed by atoms with E-state index in [1.165, 1.54) is 0 Å². The second-order valence-electron chi connectivity index (χ2n) is 8.96. The molecule has 0 bridgehead atoms. The monoisotopic (exact) mass is 394 g/mol. The first kappa shape index (κ1) is 19.8. The van der Waals surface area contributed by atoms with Gasteiger partial charge in [0, 0.05) is 5.92 Å². The van der Waals surface area contributed by atoms with Crippen LogP contribution in [0.4, 0.5) is 0 Å². The Bertz CT molecular complexity index is 793. The van der Waals surface area contributed by atoms with Crippen molar-refractivity contribution in [2.24, 2.45) is 5.92 Å². The summed E-state index contributed by atoms with van der Waals surface area (Å²) in [6.45, 7) is 13.3. The molecule has 0 saturated carbocycles. The molecule has 144 valence electrons. The third-order valence-corrected chi connectivity index (χ3v) is 12.5. The Morgan fingerprint density at radius 3 is 2.35 bits per heavy atom. The Balaban J connectivity index is 1.88. The molecule has 0 radical (unpaired) electrons. The minimum atomic E-state index is -3.52. The SMILES string of the molecule is C[C@H]1[C@@H]2O[C@@H]2C(S(=O)(=O)c2ccccc2)=CC[C@@H]1O[Si](C)(C)C(C)(C)C. The third-order valence-electron chi connectivity index (χ3n) is 6.08. The summed E-state index contributed by atoms with van der Waals surface area (Å²) < 4.78 is 38.5. The number of hydrogen-bond acceptors (Lipinski definition) is 4. The molecule has 26 heavy (non-hydrogen) atoms. The van der Waals surface area contributed by atoms with Crippen LogP contribution in [0.2, 0.25) is 18.1 Å². The second-order valence-corrected chi connectivity index (χ2v) is 15.7. The van der Waals surface area contributed by atoms with Crippen LogP contribution in [0, 0.1) is 5.92 Å². The molecule has 1 aromatic carbocycles. The molecule has 6 heteroatoms. The van der Waals surface area contributed by atoms with Crippen molar-refractivity contribution in [2.45, 2.75) is 75.5 Å². The molecule has 0 N–H and O–H groups in total. The number of hydrogen-bond donors (Lipinski definition) is 0. The van der Waals surface area contributed by atoms with Crippen molar-refractivity contribution in [1.29, 1.82) is 0 Å². The predicted octanol–water partition coefficient (Wildman–Crippen LogP) is 4.54. The fourth-order valence-electron chi connectivity index (χ4n) is 3.24. The van der Waals surface area contributed by atoms with E-state index in [-0.39, 0.29) is 29.3 Å². The van der Waals surface area contributed by atoms with Gasteiger partial charge in [-0.25, -0.2) is 8.42 Å². The number of fused-ring (bicyclic) bond motifs is 1. The van der Waals surface area contributed by atoms with Crippen molar-refractivity contribution in [3.8, 4) is 0 Å². The summed E-state index contributed by atoms with van der Waals surface area (Å²) in [6.07, 6.45) is 2.05. The first-order chi connectivity index (χ1) is 11.9. The smallest absolute Gasteiger partial charge is 0.205 e. The van der Waals surface area contributed by atoms with Crippen molar-refractivity contribution < 1.29 is 17.6 Å². The maximum atomic E-state index is 13.1. The molecule has 4 nitrogen and oxygen atoms in total. The predicted molar refractivity (Wildman–Crippen MR) is 106 cm³/mol. The lowest BCUT2D eigenvalue weighted by atomic mass is 9.99. The van der Waals surface area contributed by atoms with E-state index in [0.29, 0.717) is 16.2 Å². The topological polar surface area (TPSA) is 55.9 Å². The van der Waals surface area contributed by atoms with Crippen molar-refractivity contribution >= 4 is 18.2 Å². The minimum absolute atomic E-state index is 0.00522. The summed E-state index contributed by atoms with van der Waals surface area (Å²) >= 11 is 0. The lowest BCUT2D eigenvalue weighted by molar-refractivity contribution is 0.109. The Kier molecular flexibility index (Phi) is 5.01. The molecule has 1 saturated heterocycles. The Morgan fingerprint density at radius 1 is 1.15 bits per heavy atom. The van der Waals surface area contributed by atoms with Crippen LogP contribution in [0.3, 0.4) is 0 Å². The van der Waals surface area contributed by atoms with Crippen molar-refractivity contribution in [3.05, 3.63) is 41.3 Å². The van der Waals surface area contributed by atoms with E-state index in [2.05, 4.69) is 40.8 Å². The average Bonchev–Trinajstić information content (AvgIpc) is 3.33. The largest absolute Gasteiger partial charge is 0.413 e. The zero-order valence-corrected chi connectivity index (χ0v) is 18.3. The van der Waals surface area contributed by atoms with Crippen LogP contribution in [-0.4, -0.2) is 35.0 Å². The van der Waals surface area contributed by atoms with Crippen LogP contribution >= 0.6 is 0 Å². The number of ether oxygens (including phenoxy) is 1. The highest BCUT2D eigenvalue weighted by atomic mass is 32.2. The molecule has 4 atom stereocenters. The molecule has 0 amide bonds. The van der Waals surface area contributed by atoms with Crippen molar-refractivity contribution in [1.82, 2.24) is 0 Å². The Labute approximate surface area is 158 Å². The average molecular weight is 395 g/mol. The molecule has 0 unspecified atom stereocenters. The number of epoxide rings is 1. The molecule has 0 aromatic heterocycles. The van der Waals surface area contributed by atoms with Crippen molar-refractivity contribution in [2.75, 3.05) is 0 Å². The van der Waals surface area contributed by atoms with Gasteiger partial charge in [0.2, 0.25) is 9.84 Å². The van der Waals surface area contributed by atoms with Crippen LogP contribution in [-0.2, 0) is 19.0 Å². The lowest BCUT2D eigenvalue weighted by Crippen LogP contribution is -2.46. The summed E-state index contributed by atoms with van der Waals surface area (Å²) in [5, 5.41) is 0.117. The molecule has 1 aromatic rings. The van der Waals surface area contributed by atoms with Gasteiger partial charge in [0.25, 0.3) is 0 Å². The fourth-order valence-corrected chi connectivity index (χ4v) is 6.26. The first-order valence-electron chi connectivity index (χ1n) is 9.28. The molecule has 1 fully saturated rings. The maximum Gasteiger partial charge on any atom is 0.205 e. The van der Waals surface area contributed by atoms with E-state index >= 15 is 0 Å². The molecular weight excluding hydrogens is 364 g/mol. The highest BCUT2D eigenvalue weighted by molar-refractivity contribution is 7.95. The fraction of sp³-hybridized carbons (Fsp3) is 0.600. The maximum absolute atomic E-state index is 13.1. The van der Waals surface area contributed by atoms with Gasteiger partial charge in [0.15, 0.2) is 8.32 Å². The second kappa shape index (κ2) is 6.58. The van der Waals surface area contributed by atoms with E-state index in [1.54, 1.807) is 24.3 Å². The molecule has 1 heterocycles. The molecule has 1 aliphatic carbocycles. The van der Waals surface area contributed by atoms with E-state index in [0.717, 1.165) is 0 Å². The van der Waals surface area contributed by atoms with Gasteiger partial charge in [-0.1, -0.05) is 52.0 Å². The normalized spacial score (nSPS) is 29.5. The zero-order valence-electron chi connectivity index (χ0n) is 16.5. The summed E-state index contributed by atoms with van der Waals surface area (Å²) in [4.78, 5) is 0.735. The van der Waals surface area contributed by atoms with E-state index in [1.807, 2.05) is 12.1 Å². The number of sulfone groups is 1. The molecule has 1 aliphatic heterocycles. The Hall–Kier alpha value is -0.953. The van der Waals surface area contributed by atoms with Crippen LogP contribution in [0.1, 0.15) is 34.1 Å². The summed E-state index contributed by atoms with van der Waals surface area (Å²) in [6, 6.07) is 8.61. The van der Waals surface area contributed by atoms with E-state index in [4.69, 9.17) is 9.16 Å². The molecular formula is C20H30O4SSi. The zero-order chi connectivity index (χ0) is 19.3. The number of benzene rings is 1. The summed E-state index contributed by atoms with van der Waals surface area (Å²) in [5.41, 5.74) is 0. The van der Waals surface area contributed by atoms with Gasteiger partial charge < -0.3 is 9.16 Å². The van der Waals surface area contributed by atoms with Gasteiger partial charge in [-0.15, -0.1) is 0 Å². The van der Waals surface area contributed by atoms with Gasteiger partial charge in [0.1, 0.15) is 6.10 Å². The minimum Gasteiger partial charge on any atom is -0.413 e. The molecule has 3 rings (SSSR count). The Morgan fingerprint density at radius 2 is 1.77 bits per heavy atom. The van der Waals surface area contributed by atoms with E-state index < -0.39 is 18.2 Å². The lowest BCUT2D eigenvalue weighted by Gasteiger charge is -2.40. The first-order valence-corrected chi connectivity index (χ1v) is 13.7. The van der Waals surface area contributed by atoms with Gasteiger partial charge in [-0.3, -0.25) is 0 Å². The van der Waals surface area contributed by atoms with E-state index in [9.17, 15) is 8.42 Å². The third kappa shape index (κ3) is 3.57. The number of rotatable bonds is 4. The van der Waals surface area contributed by atoms with Gasteiger partial charge in [-0.2, -0.15) is 0 Å². The highest BCUT2D eigenvalue weighted by Crippen LogP contribution is 2.46. The molecule has 2 aliphatic rings. The molecule has 0 spiro atoms. The van der Waals surface area contributed by atoms with Crippen LogP contribution in [0.5, 0.6) is 0 Å². The van der Waals surface area contributed by atoms with Crippen molar-refractivity contribution in [3.63, 3.8) is 0 Å². The van der Waals surface area contributed by atoms with Gasteiger partial charge >= 0.3 is 0 Å². The van der Waals surface area contributed by atoms with Crippen LogP contribution in [0.25, 0.3) is 0 Å². The quantitative estimate of drug-likeness (QED) is 0.556. The van der Waals surface area contributed by atoms with Crippen LogP contribution < -0.4 is 0 Å². The standard InChI is InChI=1S/C20H30O4SSi/c1-14-16(24-26(5,6)20(2,3)4)12-13-17(19-18(14)23-19)25(21,22)15-10-8-7-9-11-15/h7-11,13-14,16,18-19H,12H2,1-6H3/t14-,16+,18+,19-/m1/s1.